The SMILES string of the molecule is C/C=C\CCC(c1cc(F)cc(OC(F)(F)C(F)F)c1)c1ccc(F)c(OC)c1. The second-order valence-corrected chi connectivity index (χ2v) is 6.28. The Balaban J connectivity index is 2.47. The molecule has 0 saturated carbocycles. The Morgan fingerprint density at radius 3 is 2.38 bits per heavy atom. The van der Waals surface area contributed by atoms with Gasteiger partial charge in [-0.25, -0.2) is 8.78 Å². The van der Waals surface area contributed by atoms with Crippen LogP contribution in [0.25, 0.3) is 0 Å². The summed E-state index contributed by atoms with van der Waals surface area (Å²) in [5.74, 6) is -2.82. The Hall–Kier alpha value is -2.64. The van der Waals surface area contributed by atoms with Crippen molar-refractivity contribution >= 4 is 0 Å². The Morgan fingerprint density at radius 1 is 1.03 bits per heavy atom. The van der Waals surface area contributed by atoms with E-state index in [2.05, 4.69) is 4.74 Å². The molecule has 0 heterocycles. The highest BCUT2D eigenvalue weighted by molar-refractivity contribution is 5.41. The fraction of sp³-hybridized carbons (Fsp3) is 0.333. The molecule has 0 aliphatic rings. The lowest BCUT2D eigenvalue weighted by Gasteiger charge is -2.21. The smallest absolute Gasteiger partial charge is 0.461 e. The fourth-order valence-corrected chi connectivity index (χ4v) is 2.89. The molecule has 0 spiro atoms. The van der Waals surface area contributed by atoms with Crippen molar-refractivity contribution in [3.8, 4) is 11.5 Å². The summed E-state index contributed by atoms with van der Waals surface area (Å²) >= 11 is 0. The fourth-order valence-electron chi connectivity index (χ4n) is 2.89. The van der Waals surface area contributed by atoms with Gasteiger partial charge in [-0.3, -0.25) is 0 Å². The molecular formula is C21H20F6O2. The van der Waals surface area contributed by atoms with Gasteiger partial charge in [-0.1, -0.05) is 18.2 Å². The van der Waals surface area contributed by atoms with E-state index in [-0.39, 0.29) is 11.3 Å². The van der Waals surface area contributed by atoms with E-state index in [0.29, 0.717) is 24.5 Å². The minimum atomic E-state index is -4.76. The third-order valence-corrected chi connectivity index (χ3v) is 4.24. The van der Waals surface area contributed by atoms with Crippen LogP contribution < -0.4 is 9.47 Å². The second-order valence-electron chi connectivity index (χ2n) is 6.28. The van der Waals surface area contributed by atoms with E-state index in [1.807, 2.05) is 19.1 Å². The molecule has 0 aromatic heterocycles. The molecule has 0 radical (unpaired) electrons. The summed E-state index contributed by atoms with van der Waals surface area (Å²) in [7, 11) is 1.29. The first-order valence-electron chi connectivity index (χ1n) is 8.78. The zero-order chi connectivity index (χ0) is 21.6. The van der Waals surface area contributed by atoms with Gasteiger partial charge in [0, 0.05) is 12.0 Å². The Kier molecular flexibility index (Phi) is 7.59. The van der Waals surface area contributed by atoms with Gasteiger partial charge in [0.15, 0.2) is 11.6 Å². The molecule has 1 atom stereocenters. The number of methoxy groups -OCH3 is 1. The highest BCUT2D eigenvalue weighted by Crippen LogP contribution is 2.36. The molecule has 0 fully saturated rings. The van der Waals surface area contributed by atoms with E-state index in [1.165, 1.54) is 25.3 Å². The number of hydrogen-bond acceptors (Lipinski definition) is 2. The van der Waals surface area contributed by atoms with Crippen molar-refractivity contribution in [1.82, 2.24) is 0 Å². The average molecular weight is 418 g/mol. The lowest BCUT2D eigenvalue weighted by Crippen LogP contribution is -2.33. The quantitative estimate of drug-likeness (QED) is 0.333. The minimum absolute atomic E-state index is 0.0318. The van der Waals surface area contributed by atoms with E-state index < -0.39 is 35.8 Å². The third-order valence-electron chi connectivity index (χ3n) is 4.24. The number of rotatable bonds is 9. The molecule has 0 bridgehead atoms. The van der Waals surface area contributed by atoms with Crippen molar-refractivity contribution in [2.45, 2.75) is 38.2 Å². The van der Waals surface area contributed by atoms with Gasteiger partial charge in [-0.05, 0) is 55.2 Å². The van der Waals surface area contributed by atoms with Gasteiger partial charge in [0.25, 0.3) is 0 Å². The van der Waals surface area contributed by atoms with Crippen LogP contribution in [0.2, 0.25) is 0 Å². The monoisotopic (exact) mass is 418 g/mol. The molecule has 0 saturated heterocycles. The molecule has 1 unspecified atom stereocenters. The zero-order valence-corrected chi connectivity index (χ0v) is 15.8. The Labute approximate surface area is 164 Å². The average Bonchev–Trinajstić information content (AvgIpc) is 2.65. The highest BCUT2D eigenvalue weighted by atomic mass is 19.3. The molecule has 158 valence electrons. The zero-order valence-electron chi connectivity index (χ0n) is 15.8. The molecule has 2 rings (SSSR count). The molecule has 0 amide bonds. The summed E-state index contributed by atoms with van der Waals surface area (Å²) in [5.41, 5.74) is 0.771. The minimum Gasteiger partial charge on any atom is -0.494 e. The number of alkyl halides is 4. The summed E-state index contributed by atoms with van der Waals surface area (Å²) < 4.78 is 88.2. The molecule has 2 aromatic carbocycles. The van der Waals surface area contributed by atoms with Crippen LogP contribution in [0.5, 0.6) is 11.5 Å². The van der Waals surface area contributed by atoms with Crippen molar-refractivity contribution in [2.24, 2.45) is 0 Å². The van der Waals surface area contributed by atoms with Crippen LogP contribution in [-0.4, -0.2) is 19.6 Å². The number of halogens is 6. The topological polar surface area (TPSA) is 18.5 Å². The molecule has 8 heteroatoms. The number of benzene rings is 2. The van der Waals surface area contributed by atoms with Gasteiger partial charge >= 0.3 is 12.5 Å². The van der Waals surface area contributed by atoms with E-state index in [1.54, 1.807) is 0 Å². The maximum absolute atomic E-state index is 14.1. The van der Waals surface area contributed by atoms with Crippen LogP contribution in [0.3, 0.4) is 0 Å². The van der Waals surface area contributed by atoms with Crippen molar-refractivity contribution in [3.63, 3.8) is 0 Å². The van der Waals surface area contributed by atoms with Gasteiger partial charge in [0.05, 0.1) is 7.11 Å². The van der Waals surface area contributed by atoms with Crippen molar-refractivity contribution < 1.29 is 35.8 Å². The molecule has 2 aromatic rings. The summed E-state index contributed by atoms with van der Waals surface area (Å²) in [5, 5.41) is 0. The Morgan fingerprint density at radius 2 is 1.76 bits per heavy atom. The number of hydrogen-bond donors (Lipinski definition) is 0. The maximum Gasteiger partial charge on any atom is 0.461 e. The van der Waals surface area contributed by atoms with E-state index in [4.69, 9.17) is 4.74 Å². The Bertz CT molecular complexity index is 851. The van der Waals surface area contributed by atoms with Gasteiger partial charge in [-0.15, -0.1) is 0 Å². The van der Waals surface area contributed by atoms with Gasteiger partial charge in [0.2, 0.25) is 0 Å². The first-order valence-corrected chi connectivity index (χ1v) is 8.78. The molecule has 2 nitrogen and oxygen atoms in total. The summed E-state index contributed by atoms with van der Waals surface area (Å²) in [6, 6.07) is 6.86. The van der Waals surface area contributed by atoms with Crippen molar-refractivity contribution in [3.05, 3.63) is 71.3 Å². The predicted octanol–water partition coefficient (Wildman–Crippen LogP) is 6.70. The van der Waals surface area contributed by atoms with E-state index >= 15 is 0 Å². The largest absolute Gasteiger partial charge is 0.494 e. The van der Waals surface area contributed by atoms with Crippen LogP contribution in [0.4, 0.5) is 26.3 Å². The lowest BCUT2D eigenvalue weighted by atomic mass is 9.87. The van der Waals surface area contributed by atoms with E-state index in [9.17, 15) is 26.3 Å². The molecule has 29 heavy (non-hydrogen) atoms. The number of ether oxygens (including phenoxy) is 2. The normalized spacial score (nSPS) is 13.1. The van der Waals surface area contributed by atoms with Gasteiger partial charge < -0.3 is 9.47 Å². The predicted molar refractivity (Wildman–Crippen MR) is 96.8 cm³/mol. The number of allylic oxidation sites excluding steroid dienone is 2. The van der Waals surface area contributed by atoms with Crippen molar-refractivity contribution in [2.75, 3.05) is 7.11 Å². The molecule has 0 aliphatic carbocycles. The first-order chi connectivity index (χ1) is 13.7. The van der Waals surface area contributed by atoms with Crippen LogP contribution >= 0.6 is 0 Å². The lowest BCUT2D eigenvalue weighted by molar-refractivity contribution is -0.253. The van der Waals surface area contributed by atoms with Gasteiger partial charge in [-0.2, -0.15) is 17.6 Å². The van der Waals surface area contributed by atoms with Crippen molar-refractivity contribution in [1.29, 1.82) is 0 Å². The molecule has 0 aliphatic heterocycles. The van der Waals surface area contributed by atoms with Crippen LogP contribution in [-0.2, 0) is 0 Å². The first kappa shape index (κ1) is 22.6. The van der Waals surface area contributed by atoms with E-state index in [0.717, 1.165) is 12.1 Å². The second kappa shape index (κ2) is 9.71. The third kappa shape index (κ3) is 5.92. The van der Waals surface area contributed by atoms with Crippen LogP contribution in [0.1, 0.15) is 36.8 Å². The highest BCUT2D eigenvalue weighted by Gasteiger charge is 2.44. The summed E-state index contributed by atoms with van der Waals surface area (Å²) in [6.45, 7) is 1.82. The van der Waals surface area contributed by atoms with Crippen LogP contribution in [0.15, 0.2) is 48.6 Å². The summed E-state index contributed by atoms with van der Waals surface area (Å²) in [6.07, 6.45) is -4.18. The van der Waals surface area contributed by atoms with Crippen LogP contribution in [0, 0.1) is 11.6 Å². The summed E-state index contributed by atoms with van der Waals surface area (Å²) in [4.78, 5) is 0. The van der Waals surface area contributed by atoms with Gasteiger partial charge in [0.1, 0.15) is 11.6 Å². The maximum atomic E-state index is 14.1. The molecular weight excluding hydrogens is 398 g/mol. The molecule has 0 N–H and O–H groups in total. The standard InChI is InChI=1S/C21H20F6O2/c1-3-4-5-6-17(13-7-8-18(23)19(11-13)28-2)14-9-15(22)12-16(10-14)29-21(26,27)20(24)25/h3-4,7-12,17,20H,5-6H2,1-2H3/b4-3-.